The van der Waals surface area contributed by atoms with Crippen LogP contribution < -0.4 is 10.6 Å². The molecule has 0 saturated carbocycles. The third kappa shape index (κ3) is 12.3. The van der Waals surface area contributed by atoms with E-state index >= 15 is 0 Å². The molecule has 0 aliphatic rings. The summed E-state index contributed by atoms with van der Waals surface area (Å²) in [5.41, 5.74) is -0.227. The number of hydrogen-bond donors (Lipinski definition) is 2. The van der Waals surface area contributed by atoms with E-state index in [9.17, 15) is 4.79 Å². The quantitative estimate of drug-likeness (QED) is 0.683. The molecule has 0 aliphatic heterocycles. The molecule has 0 radical (unpaired) electrons. The number of carbonyl (C=O) groups excluding carboxylic acids is 1. The summed E-state index contributed by atoms with van der Waals surface area (Å²) in [6.45, 7) is 18.1. The molecule has 1 amide bonds. The Balaban J connectivity index is 4.25. The van der Waals surface area contributed by atoms with E-state index in [-0.39, 0.29) is 11.5 Å². The van der Waals surface area contributed by atoms with E-state index in [4.69, 9.17) is 4.74 Å². The highest BCUT2D eigenvalue weighted by atomic mass is 16.6. The van der Waals surface area contributed by atoms with Gasteiger partial charge in [-0.15, -0.1) is 0 Å². The topological polar surface area (TPSA) is 53.6 Å². The maximum Gasteiger partial charge on any atom is 0.407 e. The average Bonchev–Trinajstić information content (AvgIpc) is 2.28. The third-order valence-corrected chi connectivity index (χ3v) is 3.60. The van der Waals surface area contributed by atoms with Crippen molar-refractivity contribution in [2.75, 3.05) is 40.3 Å². The molecule has 5 heteroatoms. The molecule has 0 aromatic carbocycles. The number of hydrogen-bond acceptors (Lipinski definition) is 4. The summed E-state index contributed by atoms with van der Waals surface area (Å²) < 4.78 is 5.29. The van der Waals surface area contributed by atoms with Gasteiger partial charge >= 0.3 is 6.09 Å². The van der Waals surface area contributed by atoms with E-state index in [1.807, 2.05) is 20.8 Å². The van der Waals surface area contributed by atoms with Gasteiger partial charge in [-0.05, 0) is 58.7 Å². The first-order chi connectivity index (χ1) is 10.3. The molecule has 138 valence electrons. The van der Waals surface area contributed by atoms with Gasteiger partial charge in [0, 0.05) is 19.6 Å². The first kappa shape index (κ1) is 22.2. The monoisotopic (exact) mass is 329 g/mol. The number of rotatable bonds is 9. The Kier molecular flexibility index (Phi) is 9.14. The number of nitrogens with one attached hydrogen (secondary N) is 2. The van der Waals surface area contributed by atoms with Gasteiger partial charge in [-0.1, -0.05) is 27.7 Å². The van der Waals surface area contributed by atoms with Gasteiger partial charge < -0.3 is 20.3 Å². The van der Waals surface area contributed by atoms with Crippen LogP contribution in [0, 0.1) is 17.3 Å². The first-order valence-corrected chi connectivity index (χ1v) is 8.65. The van der Waals surface area contributed by atoms with Crippen molar-refractivity contribution in [3.63, 3.8) is 0 Å². The Bertz CT molecular complexity index is 347. The van der Waals surface area contributed by atoms with E-state index in [1.165, 1.54) is 0 Å². The maximum atomic E-state index is 11.8. The molecular weight excluding hydrogens is 290 g/mol. The van der Waals surface area contributed by atoms with Crippen molar-refractivity contribution in [1.82, 2.24) is 15.5 Å². The summed E-state index contributed by atoms with van der Waals surface area (Å²) in [6.07, 6.45) is -0.337. The fourth-order valence-electron chi connectivity index (χ4n) is 2.58. The number of carbonyl (C=O) groups is 1. The van der Waals surface area contributed by atoms with Gasteiger partial charge in [0.15, 0.2) is 0 Å². The molecule has 2 N–H and O–H groups in total. The number of amides is 1. The lowest BCUT2D eigenvalue weighted by atomic mass is 9.91. The minimum atomic E-state index is -0.453. The van der Waals surface area contributed by atoms with Crippen molar-refractivity contribution in [3.8, 4) is 0 Å². The van der Waals surface area contributed by atoms with E-state index < -0.39 is 5.60 Å². The lowest BCUT2D eigenvalue weighted by Gasteiger charge is -2.30. The second kappa shape index (κ2) is 9.48. The molecular formula is C18H39N3O2. The zero-order valence-corrected chi connectivity index (χ0v) is 16.7. The third-order valence-electron chi connectivity index (χ3n) is 3.60. The van der Waals surface area contributed by atoms with Crippen molar-refractivity contribution in [3.05, 3.63) is 0 Å². The van der Waals surface area contributed by atoms with Gasteiger partial charge in [-0.2, -0.15) is 0 Å². The Labute approximate surface area is 143 Å². The van der Waals surface area contributed by atoms with Crippen LogP contribution in [0.5, 0.6) is 0 Å². The number of alkyl carbamates (subject to hydrolysis) is 1. The average molecular weight is 330 g/mol. The molecule has 0 aromatic rings. The first-order valence-electron chi connectivity index (χ1n) is 8.65. The Hall–Kier alpha value is -0.810. The molecule has 0 heterocycles. The lowest BCUT2D eigenvalue weighted by Crippen LogP contribution is -2.43. The predicted octanol–water partition coefficient (Wildman–Crippen LogP) is 2.96. The number of nitrogens with zero attached hydrogens (tertiary/aromatic N) is 1. The second-order valence-electron chi connectivity index (χ2n) is 8.92. The molecule has 1 atom stereocenters. The van der Waals surface area contributed by atoms with E-state index in [0.29, 0.717) is 18.4 Å². The molecule has 0 spiro atoms. The van der Waals surface area contributed by atoms with Crippen LogP contribution in [0.3, 0.4) is 0 Å². The lowest BCUT2D eigenvalue weighted by molar-refractivity contribution is 0.0514. The standard InChI is InChI=1S/C18H39N3O2/c1-14(2)15(11-20-16(22)23-17(3,4)5)10-19-12-18(6,7)13-21(8)9/h14-15,19H,10-13H2,1-9H3,(H,20,22). The summed E-state index contributed by atoms with van der Waals surface area (Å²) in [5.74, 6) is 0.882. The van der Waals surface area contributed by atoms with Crippen LogP contribution in [-0.4, -0.2) is 56.9 Å². The van der Waals surface area contributed by atoms with E-state index in [0.717, 1.165) is 19.6 Å². The van der Waals surface area contributed by atoms with E-state index in [1.54, 1.807) is 0 Å². The molecule has 5 nitrogen and oxygen atoms in total. The van der Waals surface area contributed by atoms with Crippen LogP contribution in [0.15, 0.2) is 0 Å². The largest absolute Gasteiger partial charge is 0.444 e. The minimum Gasteiger partial charge on any atom is -0.444 e. The van der Waals surface area contributed by atoms with Crippen LogP contribution in [0.4, 0.5) is 4.79 Å². The fourth-order valence-corrected chi connectivity index (χ4v) is 2.58. The molecule has 0 bridgehead atoms. The van der Waals surface area contributed by atoms with E-state index in [2.05, 4.69) is 57.3 Å². The maximum absolute atomic E-state index is 11.8. The minimum absolute atomic E-state index is 0.226. The van der Waals surface area contributed by atoms with Gasteiger partial charge in [0.2, 0.25) is 0 Å². The highest BCUT2D eigenvalue weighted by Gasteiger charge is 2.21. The zero-order valence-electron chi connectivity index (χ0n) is 16.7. The molecule has 1 unspecified atom stereocenters. The molecule has 23 heavy (non-hydrogen) atoms. The highest BCUT2D eigenvalue weighted by molar-refractivity contribution is 5.67. The summed E-state index contributed by atoms with van der Waals surface area (Å²) in [7, 11) is 4.20. The number of ether oxygens (including phenoxy) is 1. The Morgan fingerprint density at radius 2 is 1.65 bits per heavy atom. The molecule has 0 saturated heterocycles. The van der Waals surface area contributed by atoms with Crippen molar-refractivity contribution < 1.29 is 9.53 Å². The van der Waals surface area contributed by atoms with Gasteiger partial charge in [-0.3, -0.25) is 0 Å². The van der Waals surface area contributed by atoms with Gasteiger partial charge in [0.1, 0.15) is 5.60 Å². The van der Waals surface area contributed by atoms with Crippen molar-refractivity contribution in [2.24, 2.45) is 17.3 Å². The molecule has 0 fully saturated rings. The van der Waals surface area contributed by atoms with Gasteiger partial charge in [0.05, 0.1) is 0 Å². The Morgan fingerprint density at radius 1 is 1.09 bits per heavy atom. The van der Waals surface area contributed by atoms with Crippen LogP contribution in [0.1, 0.15) is 48.5 Å². The predicted molar refractivity (Wildman–Crippen MR) is 97.8 cm³/mol. The van der Waals surface area contributed by atoms with Crippen LogP contribution in [0.25, 0.3) is 0 Å². The SMILES string of the molecule is CC(C)C(CNCC(C)(C)CN(C)C)CNC(=O)OC(C)(C)C. The normalized spacial score (nSPS) is 14.2. The van der Waals surface area contributed by atoms with Crippen molar-refractivity contribution >= 4 is 6.09 Å². The van der Waals surface area contributed by atoms with Crippen molar-refractivity contribution in [1.29, 1.82) is 0 Å². The van der Waals surface area contributed by atoms with Crippen LogP contribution in [-0.2, 0) is 4.74 Å². The van der Waals surface area contributed by atoms with Gasteiger partial charge in [0.25, 0.3) is 0 Å². The zero-order chi connectivity index (χ0) is 18.3. The fraction of sp³-hybridized carbons (Fsp3) is 0.944. The molecule has 0 aromatic heterocycles. The summed E-state index contributed by atoms with van der Waals surface area (Å²) in [6, 6.07) is 0. The van der Waals surface area contributed by atoms with Crippen LogP contribution in [0.2, 0.25) is 0 Å². The summed E-state index contributed by atoms with van der Waals surface area (Å²) in [4.78, 5) is 14.0. The molecule has 0 aliphatic carbocycles. The summed E-state index contributed by atoms with van der Waals surface area (Å²) in [5, 5.41) is 6.46. The summed E-state index contributed by atoms with van der Waals surface area (Å²) >= 11 is 0. The Morgan fingerprint density at radius 3 is 2.09 bits per heavy atom. The molecule has 0 rings (SSSR count). The van der Waals surface area contributed by atoms with Crippen LogP contribution >= 0.6 is 0 Å². The highest BCUT2D eigenvalue weighted by Crippen LogP contribution is 2.15. The van der Waals surface area contributed by atoms with Crippen molar-refractivity contribution in [2.45, 2.75) is 54.1 Å². The van der Waals surface area contributed by atoms with Gasteiger partial charge in [-0.25, -0.2) is 4.79 Å². The smallest absolute Gasteiger partial charge is 0.407 e. The second-order valence-corrected chi connectivity index (χ2v) is 8.92.